The van der Waals surface area contributed by atoms with Gasteiger partial charge in [0.1, 0.15) is 6.04 Å². The van der Waals surface area contributed by atoms with Crippen LogP contribution in [0.2, 0.25) is 0 Å². The molecule has 0 aromatic carbocycles. The van der Waals surface area contributed by atoms with E-state index in [0.29, 0.717) is 0 Å². The van der Waals surface area contributed by atoms with Crippen molar-refractivity contribution in [2.75, 3.05) is 20.6 Å². The van der Waals surface area contributed by atoms with Gasteiger partial charge in [-0.25, -0.2) is 5.32 Å². The Morgan fingerprint density at radius 2 is 2.44 bits per heavy atom. The van der Waals surface area contributed by atoms with Gasteiger partial charge < -0.3 is 4.90 Å². The molecule has 0 N–H and O–H groups in total. The molecule has 1 fully saturated rings. The molecule has 1 aliphatic heterocycles. The van der Waals surface area contributed by atoms with Crippen molar-refractivity contribution in [3.8, 4) is 0 Å². The van der Waals surface area contributed by atoms with Gasteiger partial charge >= 0.3 is 0 Å². The van der Waals surface area contributed by atoms with Crippen molar-refractivity contribution in [2.24, 2.45) is 0 Å². The number of likely N-dealkylation sites (tertiary alicyclic amines) is 1. The number of hydrogen-bond donors (Lipinski definition) is 0. The summed E-state index contributed by atoms with van der Waals surface area (Å²) in [4.78, 5) is 12.7. The minimum absolute atomic E-state index is 0.0463. The fourth-order valence-electron chi connectivity index (χ4n) is 1.04. The van der Waals surface area contributed by atoms with E-state index in [4.69, 9.17) is 0 Å². The van der Waals surface area contributed by atoms with Crippen LogP contribution in [0.3, 0.4) is 0 Å². The topological polar surface area (TPSA) is 34.4 Å². The second-order valence-electron chi connectivity index (χ2n) is 2.32. The van der Waals surface area contributed by atoms with Gasteiger partial charge in [-0.05, 0) is 6.42 Å². The summed E-state index contributed by atoms with van der Waals surface area (Å²) in [5.41, 5.74) is 0. The Balaban J connectivity index is 2.51. The van der Waals surface area contributed by atoms with Crippen LogP contribution in [0.15, 0.2) is 0 Å². The average molecular weight is 127 g/mol. The van der Waals surface area contributed by atoms with E-state index in [2.05, 4.69) is 5.32 Å². The maximum Gasteiger partial charge on any atom is 0.241 e. The molecule has 1 amide bonds. The highest BCUT2D eigenvalue weighted by molar-refractivity contribution is 5.83. The molecular formula is C6H11N2O. The number of rotatable bonds is 1. The summed E-state index contributed by atoms with van der Waals surface area (Å²) in [6.07, 6.45) is 0.895. The van der Waals surface area contributed by atoms with E-state index >= 15 is 0 Å². The molecule has 1 saturated heterocycles. The third-order valence-electron chi connectivity index (χ3n) is 1.71. The zero-order valence-corrected chi connectivity index (χ0v) is 5.79. The van der Waals surface area contributed by atoms with Gasteiger partial charge in [0.05, 0.1) is 0 Å². The molecule has 0 bridgehead atoms. The van der Waals surface area contributed by atoms with Crippen molar-refractivity contribution >= 4 is 5.91 Å². The molecular weight excluding hydrogens is 116 g/mol. The minimum atomic E-state index is -0.0463. The summed E-state index contributed by atoms with van der Waals surface area (Å²) in [5.74, 6) is 0.164. The number of hydrogen-bond acceptors (Lipinski definition) is 1. The predicted molar refractivity (Wildman–Crippen MR) is 34.1 cm³/mol. The molecule has 0 saturated carbocycles. The number of carbonyl (C=O) groups excluding carboxylic acids is 1. The Morgan fingerprint density at radius 1 is 1.78 bits per heavy atom. The van der Waals surface area contributed by atoms with Crippen LogP contribution in [0.5, 0.6) is 0 Å². The monoisotopic (exact) mass is 127 g/mol. The van der Waals surface area contributed by atoms with E-state index in [9.17, 15) is 4.79 Å². The van der Waals surface area contributed by atoms with Gasteiger partial charge in [-0.1, -0.05) is 0 Å². The fourth-order valence-corrected chi connectivity index (χ4v) is 1.04. The zero-order chi connectivity index (χ0) is 6.85. The van der Waals surface area contributed by atoms with Crippen LogP contribution in [-0.2, 0) is 4.79 Å². The zero-order valence-electron chi connectivity index (χ0n) is 5.79. The van der Waals surface area contributed by atoms with Crippen LogP contribution < -0.4 is 5.32 Å². The molecule has 1 heterocycles. The predicted octanol–water partition coefficient (Wildman–Crippen LogP) is -0.549. The van der Waals surface area contributed by atoms with Crippen molar-refractivity contribution in [2.45, 2.75) is 12.5 Å². The largest absolute Gasteiger partial charge is 0.344 e. The number of likely N-dealkylation sites (N-methyl/N-ethyl adjacent to an activating group) is 2. The molecule has 3 heteroatoms. The molecule has 0 spiro atoms. The standard InChI is InChI=1S/C6H11N2O/c1-7-5-3-4-8(2)6(5)9/h5H,3-4H2,1-2H3. The molecule has 0 aromatic heterocycles. The maximum absolute atomic E-state index is 11.0. The molecule has 1 aliphatic rings. The van der Waals surface area contributed by atoms with E-state index < -0.39 is 0 Å². The highest BCUT2D eigenvalue weighted by Crippen LogP contribution is 2.07. The second kappa shape index (κ2) is 2.35. The van der Waals surface area contributed by atoms with Gasteiger partial charge in [0.2, 0.25) is 5.91 Å². The summed E-state index contributed by atoms with van der Waals surface area (Å²) in [6, 6.07) is -0.0463. The van der Waals surface area contributed by atoms with Crippen molar-refractivity contribution in [3.63, 3.8) is 0 Å². The highest BCUT2D eigenvalue weighted by atomic mass is 16.2. The summed E-state index contributed by atoms with van der Waals surface area (Å²) in [5, 5.41) is 3.93. The van der Waals surface area contributed by atoms with E-state index in [0.717, 1.165) is 13.0 Å². The first-order valence-electron chi connectivity index (χ1n) is 3.09. The third-order valence-corrected chi connectivity index (χ3v) is 1.71. The molecule has 3 nitrogen and oxygen atoms in total. The first kappa shape index (κ1) is 6.55. The fraction of sp³-hybridized carbons (Fsp3) is 0.833. The Hall–Kier alpha value is -0.570. The van der Waals surface area contributed by atoms with E-state index in [-0.39, 0.29) is 11.9 Å². The molecule has 1 rings (SSSR count). The smallest absolute Gasteiger partial charge is 0.241 e. The van der Waals surface area contributed by atoms with E-state index in [1.807, 2.05) is 7.05 Å². The summed E-state index contributed by atoms with van der Waals surface area (Å²) in [6.45, 7) is 0.862. The third kappa shape index (κ3) is 1.05. The van der Waals surface area contributed by atoms with Crippen LogP contribution in [-0.4, -0.2) is 37.5 Å². The van der Waals surface area contributed by atoms with Gasteiger partial charge in [-0.15, -0.1) is 0 Å². The van der Waals surface area contributed by atoms with Crippen molar-refractivity contribution in [1.29, 1.82) is 0 Å². The molecule has 1 unspecified atom stereocenters. The first-order chi connectivity index (χ1) is 4.25. The summed E-state index contributed by atoms with van der Waals surface area (Å²) >= 11 is 0. The molecule has 0 aliphatic carbocycles. The van der Waals surface area contributed by atoms with Crippen LogP contribution in [0, 0.1) is 0 Å². The van der Waals surface area contributed by atoms with Gasteiger partial charge in [0.25, 0.3) is 0 Å². The Kier molecular flexibility index (Phi) is 1.71. The van der Waals surface area contributed by atoms with Crippen LogP contribution in [0.25, 0.3) is 0 Å². The first-order valence-corrected chi connectivity index (χ1v) is 3.09. The lowest BCUT2D eigenvalue weighted by Gasteiger charge is -2.06. The van der Waals surface area contributed by atoms with Crippen molar-refractivity contribution < 1.29 is 4.79 Å². The Morgan fingerprint density at radius 3 is 2.67 bits per heavy atom. The van der Waals surface area contributed by atoms with Crippen LogP contribution in [0.4, 0.5) is 0 Å². The average Bonchev–Trinajstić information content (AvgIpc) is 2.15. The quantitative estimate of drug-likeness (QED) is 0.465. The lowest BCUT2D eigenvalue weighted by Crippen LogP contribution is -2.30. The lowest BCUT2D eigenvalue weighted by atomic mass is 10.3. The van der Waals surface area contributed by atoms with Gasteiger partial charge in [-0.3, -0.25) is 4.79 Å². The lowest BCUT2D eigenvalue weighted by molar-refractivity contribution is -0.128. The Bertz CT molecular complexity index is 124. The van der Waals surface area contributed by atoms with E-state index in [1.54, 1.807) is 11.9 Å². The minimum Gasteiger partial charge on any atom is -0.344 e. The normalized spacial score (nSPS) is 27.6. The van der Waals surface area contributed by atoms with Crippen LogP contribution >= 0.6 is 0 Å². The number of nitrogens with zero attached hydrogens (tertiary/aromatic N) is 2. The van der Waals surface area contributed by atoms with Gasteiger partial charge in [-0.2, -0.15) is 0 Å². The molecule has 1 atom stereocenters. The Labute approximate surface area is 55.0 Å². The van der Waals surface area contributed by atoms with Gasteiger partial charge in [0, 0.05) is 20.6 Å². The summed E-state index contributed by atoms with van der Waals surface area (Å²) < 4.78 is 0. The number of amides is 1. The molecule has 1 radical (unpaired) electrons. The SMILES string of the molecule is C[N]C1CCN(C)C1=O. The summed E-state index contributed by atoms with van der Waals surface area (Å²) in [7, 11) is 3.51. The van der Waals surface area contributed by atoms with Crippen LogP contribution in [0.1, 0.15) is 6.42 Å². The maximum atomic E-state index is 11.0. The van der Waals surface area contributed by atoms with Crippen molar-refractivity contribution in [3.05, 3.63) is 0 Å². The van der Waals surface area contributed by atoms with E-state index in [1.165, 1.54) is 0 Å². The molecule has 51 valence electrons. The van der Waals surface area contributed by atoms with Gasteiger partial charge in [0.15, 0.2) is 0 Å². The number of carbonyl (C=O) groups is 1. The van der Waals surface area contributed by atoms with Crippen molar-refractivity contribution in [1.82, 2.24) is 10.2 Å². The highest BCUT2D eigenvalue weighted by Gasteiger charge is 2.27. The molecule has 0 aromatic rings. The molecule has 9 heavy (non-hydrogen) atoms. The second-order valence-corrected chi connectivity index (χ2v) is 2.32.